The largest absolute Gasteiger partial charge is 0.329 e. The van der Waals surface area contributed by atoms with E-state index in [4.69, 9.17) is 23.8 Å². The predicted molar refractivity (Wildman–Crippen MR) is 64.6 cm³/mol. The summed E-state index contributed by atoms with van der Waals surface area (Å²) >= 11 is 5.94. The Morgan fingerprint density at radius 2 is 2.31 bits per heavy atom. The molecule has 0 aromatic heterocycles. The van der Waals surface area contributed by atoms with Crippen LogP contribution in [0.2, 0.25) is 5.02 Å². The van der Waals surface area contributed by atoms with Crippen LogP contribution in [0.4, 0.5) is 4.39 Å². The lowest BCUT2D eigenvalue weighted by atomic mass is 10.1. The van der Waals surface area contributed by atoms with E-state index in [1.807, 2.05) is 6.92 Å². The molecule has 3 N–H and O–H groups in total. The quantitative estimate of drug-likeness (QED) is 0.791. The summed E-state index contributed by atoms with van der Waals surface area (Å²) in [5.41, 5.74) is 6.39. The first-order valence-electron chi connectivity index (χ1n) is 4.95. The standard InChI is InChI=1S/C12H14ClFN2/c1-3-8(2)16-12(7-15)10-5-4-9(14)6-11(10)13/h1,4-6,8,12,16H,7,15H2,2H3. The molecular formula is C12H14ClFN2. The van der Waals surface area contributed by atoms with Gasteiger partial charge in [0.05, 0.1) is 6.04 Å². The van der Waals surface area contributed by atoms with Gasteiger partial charge in [0.15, 0.2) is 0 Å². The van der Waals surface area contributed by atoms with Crippen molar-refractivity contribution in [2.75, 3.05) is 6.54 Å². The summed E-state index contributed by atoms with van der Waals surface area (Å²) in [5, 5.41) is 3.48. The first-order valence-corrected chi connectivity index (χ1v) is 5.33. The van der Waals surface area contributed by atoms with Crippen LogP contribution >= 0.6 is 11.6 Å². The van der Waals surface area contributed by atoms with Gasteiger partial charge in [-0.3, -0.25) is 5.32 Å². The summed E-state index contributed by atoms with van der Waals surface area (Å²) in [6.45, 7) is 2.19. The van der Waals surface area contributed by atoms with E-state index in [0.717, 1.165) is 5.56 Å². The number of nitrogens with one attached hydrogen (secondary N) is 1. The molecule has 0 bridgehead atoms. The van der Waals surface area contributed by atoms with Gasteiger partial charge in [-0.05, 0) is 24.6 Å². The molecule has 0 saturated carbocycles. The first-order chi connectivity index (χ1) is 7.58. The normalized spacial score (nSPS) is 14.2. The van der Waals surface area contributed by atoms with Crippen LogP contribution in [0.1, 0.15) is 18.5 Å². The minimum Gasteiger partial charge on any atom is -0.329 e. The third-order valence-corrected chi connectivity index (χ3v) is 2.60. The third-order valence-electron chi connectivity index (χ3n) is 2.27. The maximum atomic E-state index is 12.9. The SMILES string of the molecule is C#CC(C)NC(CN)c1ccc(F)cc1Cl. The predicted octanol–water partition coefficient (Wildman–Crippen LogP) is 2.09. The Hall–Kier alpha value is -1.08. The van der Waals surface area contributed by atoms with Crippen LogP contribution in [0, 0.1) is 18.2 Å². The van der Waals surface area contributed by atoms with Crippen molar-refractivity contribution in [3.05, 3.63) is 34.6 Å². The summed E-state index contributed by atoms with van der Waals surface area (Å²) in [5.74, 6) is 2.18. The van der Waals surface area contributed by atoms with Crippen molar-refractivity contribution < 1.29 is 4.39 Å². The van der Waals surface area contributed by atoms with Gasteiger partial charge in [-0.25, -0.2) is 4.39 Å². The molecule has 0 amide bonds. The van der Waals surface area contributed by atoms with Gasteiger partial charge in [-0.15, -0.1) is 6.42 Å². The number of benzene rings is 1. The zero-order valence-corrected chi connectivity index (χ0v) is 9.76. The van der Waals surface area contributed by atoms with Gasteiger partial charge in [-0.1, -0.05) is 23.6 Å². The summed E-state index contributed by atoms with van der Waals surface area (Å²) in [6.07, 6.45) is 5.27. The molecule has 16 heavy (non-hydrogen) atoms. The molecule has 0 saturated heterocycles. The highest BCUT2D eigenvalue weighted by Gasteiger charge is 2.14. The van der Waals surface area contributed by atoms with Crippen LogP contribution < -0.4 is 11.1 Å². The summed E-state index contributed by atoms with van der Waals surface area (Å²) < 4.78 is 12.9. The average Bonchev–Trinajstić information content (AvgIpc) is 2.26. The van der Waals surface area contributed by atoms with Crippen LogP contribution in [0.3, 0.4) is 0 Å². The minimum absolute atomic E-state index is 0.116. The molecule has 4 heteroatoms. The van der Waals surface area contributed by atoms with Gasteiger partial charge >= 0.3 is 0 Å². The molecule has 0 fully saturated rings. The second-order valence-electron chi connectivity index (χ2n) is 3.51. The molecule has 1 aromatic carbocycles. The highest BCUT2D eigenvalue weighted by atomic mass is 35.5. The molecule has 0 heterocycles. The highest BCUT2D eigenvalue weighted by molar-refractivity contribution is 6.31. The van der Waals surface area contributed by atoms with Crippen LogP contribution in [0.5, 0.6) is 0 Å². The fraction of sp³-hybridized carbons (Fsp3) is 0.333. The van der Waals surface area contributed by atoms with Gasteiger partial charge in [0.1, 0.15) is 5.82 Å². The number of hydrogen-bond acceptors (Lipinski definition) is 2. The van der Waals surface area contributed by atoms with Crippen molar-refractivity contribution in [2.45, 2.75) is 19.0 Å². The van der Waals surface area contributed by atoms with Crippen molar-refractivity contribution in [1.29, 1.82) is 0 Å². The van der Waals surface area contributed by atoms with E-state index in [1.165, 1.54) is 12.1 Å². The van der Waals surface area contributed by atoms with Crippen LogP contribution in [0.15, 0.2) is 18.2 Å². The number of nitrogens with two attached hydrogens (primary N) is 1. The maximum absolute atomic E-state index is 12.9. The maximum Gasteiger partial charge on any atom is 0.124 e. The Labute approximate surface area is 100.0 Å². The third kappa shape index (κ3) is 3.21. The van der Waals surface area contributed by atoms with Crippen molar-refractivity contribution in [2.24, 2.45) is 5.73 Å². The Morgan fingerprint density at radius 1 is 1.62 bits per heavy atom. The highest BCUT2D eigenvalue weighted by Crippen LogP contribution is 2.23. The number of halogens is 2. The van der Waals surface area contributed by atoms with E-state index in [0.29, 0.717) is 11.6 Å². The molecular weight excluding hydrogens is 227 g/mol. The van der Waals surface area contributed by atoms with Crippen molar-refractivity contribution in [3.63, 3.8) is 0 Å². The van der Waals surface area contributed by atoms with Crippen LogP contribution in [-0.2, 0) is 0 Å². The fourth-order valence-corrected chi connectivity index (χ4v) is 1.72. The van der Waals surface area contributed by atoms with Gasteiger partial charge in [0.25, 0.3) is 0 Å². The molecule has 0 spiro atoms. The molecule has 2 unspecified atom stereocenters. The van der Waals surface area contributed by atoms with Gasteiger partial charge in [0.2, 0.25) is 0 Å². The molecule has 0 radical (unpaired) electrons. The summed E-state index contributed by atoms with van der Waals surface area (Å²) in [4.78, 5) is 0. The topological polar surface area (TPSA) is 38.0 Å². The molecule has 2 nitrogen and oxygen atoms in total. The zero-order valence-electron chi connectivity index (χ0n) is 9.00. The van der Waals surface area contributed by atoms with E-state index >= 15 is 0 Å². The number of terminal acetylenes is 1. The van der Waals surface area contributed by atoms with Crippen molar-refractivity contribution in [3.8, 4) is 12.3 Å². The van der Waals surface area contributed by atoms with E-state index < -0.39 is 0 Å². The number of hydrogen-bond donors (Lipinski definition) is 2. The Kier molecular flexibility index (Phi) is 4.75. The minimum atomic E-state index is -0.366. The second kappa shape index (κ2) is 5.86. The van der Waals surface area contributed by atoms with Gasteiger partial charge in [0, 0.05) is 17.6 Å². The van der Waals surface area contributed by atoms with Crippen LogP contribution in [0.25, 0.3) is 0 Å². The van der Waals surface area contributed by atoms with E-state index in [1.54, 1.807) is 6.07 Å². The van der Waals surface area contributed by atoms with Crippen LogP contribution in [-0.4, -0.2) is 12.6 Å². The molecule has 0 aliphatic rings. The fourth-order valence-electron chi connectivity index (χ4n) is 1.42. The molecule has 0 aliphatic carbocycles. The summed E-state index contributed by atoms with van der Waals surface area (Å²) in [6, 6.07) is 3.95. The monoisotopic (exact) mass is 240 g/mol. The molecule has 1 aromatic rings. The Balaban J connectivity index is 2.91. The smallest absolute Gasteiger partial charge is 0.124 e. The molecule has 1 rings (SSSR count). The molecule has 0 aliphatic heterocycles. The molecule has 86 valence electrons. The van der Waals surface area contributed by atoms with E-state index in [2.05, 4.69) is 11.2 Å². The average molecular weight is 241 g/mol. The lowest BCUT2D eigenvalue weighted by molar-refractivity contribution is 0.517. The lowest BCUT2D eigenvalue weighted by Gasteiger charge is -2.20. The zero-order chi connectivity index (χ0) is 12.1. The van der Waals surface area contributed by atoms with Crippen molar-refractivity contribution in [1.82, 2.24) is 5.32 Å². The first kappa shape index (κ1) is 13.0. The Morgan fingerprint density at radius 3 is 2.81 bits per heavy atom. The van der Waals surface area contributed by atoms with Gasteiger partial charge in [-0.2, -0.15) is 0 Å². The number of rotatable bonds is 4. The van der Waals surface area contributed by atoms with Gasteiger partial charge < -0.3 is 5.73 Å². The lowest BCUT2D eigenvalue weighted by Crippen LogP contribution is -2.34. The molecule has 2 atom stereocenters. The van der Waals surface area contributed by atoms with E-state index in [-0.39, 0.29) is 17.9 Å². The summed E-state index contributed by atoms with van der Waals surface area (Å²) in [7, 11) is 0. The van der Waals surface area contributed by atoms with Crippen molar-refractivity contribution >= 4 is 11.6 Å². The second-order valence-corrected chi connectivity index (χ2v) is 3.92. The Bertz CT molecular complexity index is 400. The van der Waals surface area contributed by atoms with E-state index in [9.17, 15) is 4.39 Å².